The highest BCUT2D eigenvalue weighted by atomic mass is 16.5. The van der Waals surface area contributed by atoms with Crippen molar-refractivity contribution in [2.45, 2.75) is 25.8 Å². The minimum atomic E-state index is -0.144. The number of anilines is 1. The van der Waals surface area contributed by atoms with Gasteiger partial charge in [0, 0.05) is 25.4 Å². The van der Waals surface area contributed by atoms with Gasteiger partial charge in [0.2, 0.25) is 0 Å². The Morgan fingerprint density at radius 1 is 1.55 bits per heavy atom. The highest BCUT2D eigenvalue weighted by Gasteiger charge is 2.34. The normalized spacial score (nSPS) is 15.9. The van der Waals surface area contributed by atoms with Crippen molar-refractivity contribution in [3.8, 4) is 5.75 Å². The van der Waals surface area contributed by atoms with Gasteiger partial charge in [0.15, 0.2) is 0 Å². The molecule has 1 aliphatic rings. The topological polar surface area (TPSA) is 75.8 Å². The number of rotatable bonds is 6. The number of benzene rings is 1. The molecule has 0 spiro atoms. The summed E-state index contributed by atoms with van der Waals surface area (Å²) < 4.78 is 5.09. The van der Waals surface area contributed by atoms with Crippen molar-refractivity contribution in [2.75, 3.05) is 26.0 Å². The molecule has 110 valence electrons. The van der Waals surface area contributed by atoms with E-state index in [1.165, 1.54) is 12.1 Å². The Labute approximate surface area is 119 Å². The zero-order valence-electron chi connectivity index (χ0n) is 12.0. The first kappa shape index (κ1) is 14.7. The van der Waals surface area contributed by atoms with Crippen molar-refractivity contribution in [3.63, 3.8) is 0 Å². The van der Waals surface area contributed by atoms with Crippen LogP contribution >= 0.6 is 0 Å². The van der Waals surface area contributed by atoms with Crippen LogP contribution in [-0.2, 0) is 4.74 Å². The monoisotopic (exact) mass is 278 g/mol. The Morgan fingerprint density at radius 2 is 2.25 bits per heavy atom. The van der Waals surface area contributed by atoms with Crippen molar-refractivity contribution in [3.05, 3.63) is 23.8 Å². The lowest BCUT2D eigenvalue weighted by molar-refractivity contribution is 0.0595. The van der Waals surface area contributed by atoms with E-state index in [1.807, 2.05) is 0 Å². The van der Waals surface area contributed by atoms with Gasteiger partial charge < -0.3 is 20.5 Å². The first-order valence-electron chi connectivity index (χ1n) is 6.93. The quantitative estimate of drug-likeness (QED) is 0.615. The molecule has 5 nitrogen and oxygen atoms in total. The van der Waals surface area contributed by atoms with Crippen LogP contribution in [0.15, 0.2) is 18.2 Å². The number of nitrogen functional groups attached to an aromatic ring is 1. The minimum absolute atomic E-state index is 0.0494. The van der Waals surface area contributed by atoms with Crippen molar-refractivity contribution < 1.29 is 14.6 Å². The fourth-order valence-corrected chi connectivity index (χ4v) is 2.40. The molecule has 1 aromatic carbocycles. The molecule has 20 heavy (non-hydrogen) atoms. The fraction of sp³-hybridized carbons (Fsp3) is 0.533. The van der Waals surface area contributed by atoms with E-state index in [0.717, 1.165) is 12.8 Å². The van der Waals surface area contributed by atoms with Crippen LogP contribution in [0.5, 0.6) is 5.75 Å². The van der Waals surface area contributed by atoms with Crippen LogP contribution in [0.4, 0.5) is 5.69 Å². The van der Waals surface area contributed by atoms with Gasteiger partial charge in [-0.3, -0.25) is 4.79 Å². The number of ether oxygens (including phenoxy) is 1. The number of aromatic hydroxyl groups is 1. The molecule has 1 aromatic rings. The SMILES string of the molecule is COCCN(C(=O)c1cc(O)ccc1N)C(C)C1CC1. The molecule has 1 amide bonds. The van der Waals surface area contributed by atoms with Gasteiger partial charge in [-0.15, -0.1) is 0 Å². The summed E-state index contributed by atoms with van der Waals surface area (Å²) in [6, 6.07) is 4.63. The molecule has 0 heterocycles. The second-order valence-electron chi connectivity index (χ2n) is 5.34. The summed E-state index contributed by atoms with van der Waals surface area (Å²) in [4.78, 5) is 14.5. The molecule has 3 N–H and O–H groups in total. The number of hydrogen-bond donors (Lipinski definition) is 2. The van der Waals surface area contributed by atoms with Gasteiger partial charge in [-0.2, -0.15) is 0 Å². The largest absolute Gasteiger partial charge is 0.508 e. The zero-order valence-corrected chi connectivity index (χ0v) is 12.0. The van der Waals surface area contributed by atoms with Gasteiger partial charge in [-0.05, 0) is 43.9 Å². The van der Waals surface area contributed by atoms with E-state index in [1.54, 1.807) is 18.1 Å². The lowest BCUT2D eigenvalue weighted by Gasteiger charge is -2.29. The Balaban J connectivity index is 2.22. The fourth-order valence-electron chi connectivity index (χ4n) is 2.40. The maximum absolute atomic E-state index is 12.7. The number of nitrogens with zero attached hydrogens (tertiary/aromatic N) is 1. The van der Waals surface area contributed by atoms with E-state index in [0.29, 0.717) is 30.3 Å². The average Bonchev–Trinajstić information content (AvgIpc) is 3.26. The van der Waals surface area contributed by atoms with E-state index in [9.17, 15) is 9.90 Å². The Hall–Kier alpha value is -1.75. The van der Waals surface area contributed by atoms with Gasteiger partial charge in [-0.1, -0.05) is 0 Å². The predicted molar refractivity (Wildman–Crippen MR) is 77.6 cm³/mol. The van der Waals surface area contributed by atoms with Gasteiger partial charge in [0.1, 0.15) is 5.75 Å². The molecule has 1 aliphatic carbocycles. The smallest absolute Gasteiger partial charge is 0.256 e. The summed E-state index contributed by atoms with van der Waals surface area (Å²) >= 11 is 0. The molecule has 0 bridgehead atoms. The molecule has 1 unspecified atom stereocenters. The van der Waals surface area contributed by atoms with Crippen molar-refractivity contribution in [1.29, 1.82) is 0 Å². The summed E-state index contributed by atoms with van der Waals surface area (Å²) in [7, 11) is 1.62. The lowest BCUT2D eigenvalue weighted by Crippen LogP contribution is -2.42. The van der Waals surface area contributed by atoms with Gasteiger partial charge in [0.05, 0.1) is 12.2 Å². The van der Waals surface area contributed by atoms with E-state index in [2.05, 4.69) is 6.92 Å². The molecule has 1 atom stereocenters. The molecule has 0 aliphatic heterocycles. The molecule has 1 fully saturated rings. The highest BCUT2D eigenvalue weighted by molar-refractivity contribution is 5.99. The first-order valence-corrected chi connectivity index (χ1v) is 6.93. The number of methoxy groups -OCH3 is 1. The van der Waals surface area contributed by atoms with Gasteiger partial charge in [-0.25, -0.2) is 0 Å². The summed E-state index contributed by atoms with van der Waals surface area (Å²) in [5, 5.41) is 9.55. The zero-order chi connectivity index (χ0) is 14.7. The maximum Gasteiger partial charge on any atom is 0.256 e. The van der Waals surface area contributed by atoms with Crippen LogP contribution in [0.2, 0.25) is 0 Å². The van der Waals surface area contributed by atoms with Crippen LogP contribution < -0.4 is 5.73 Å². The van der Waals surface area contributed by atoms with E-state index < -0.39 is 0 Å². The number of phenols is 1. The minimum Gasteiger partial charge on any atom is -0.508 e. The average molecular weight is 278 g/mol. The highest BCUT2D eigenvalue weighted by Crippen LogP contribution is 2.36. The van der Waals surface area contributed by atoms with Crippen LogP contribution in [0.1, 0.15) is 30.1 Å². The maximum atomic E-state index is 12.7. The molecule has 1 saturated carbocycles. The molecule has 2 rings (SSSR count). The molecule has 0 saturated heterocycles. The van der Waals surface area contributed by atoms with Crippen molar-refractivity contribution >= 4 is 11.6 Å². The number of nitrogens with two attached hydrogens (primary N) is 1. The second-order valence-corrected chi connectivity index (χ2v) is 5.34. The van der Waals surface area contributed by atoms with Crippen molar-refractivity contribution in [2.24, 2.45) is 5.92 Å². The number of phenolic OH excluding ortho intramolecular Hbond substituents is 1. The van der Waals surface area contributed by atoms with Crippen molar-refractivity contribution in [1.82, 2.24) is 4.90 Å². The Morgan fingerprint density at radius 3 is 2.85 bits per heavy atom. The predicted octanol–water partition coefficient (Wildman–Crippen LogP) is 1.86. The number of hydrogen-bond acceptors (Lipinski definition) is 4. The second kappa shape index (κ2) is 6.13. The Kier molecular flexibility index (Phi) is 4.49. The Bertz CT molecular complexity index is 486. The van der Waals surface area contributed by atoms with E-state index >= 15 is 0 Å². The third kappa shape index (κ3) is 3.22. The third-order valence-corrected chi connectivity index (χ3v) is 3.86. The molecule has 0 aromatic heterocycles. The number of carbonyl (C=O) groups excluding carboxylic acids is 1. The van der Waals surface area contributed by atoms with Crippen LogP contribution in [0.25, 0.3) is 0 Å². The number of carbonyl (C=O) groups is 1. The van der Waals surface area contributed by atoms with Crippen LogP contribution in [-0.4, -0.2) is 42.2 Å². The van der Waals surface area contributed by atoms with Crippen LogP contribution in [0.3, 0.4) is 0 Å². The van der Waals surface area contributed by atoms with E-state index in [4.69, 9.17) is 10.5 Å². The van der Waals surface area contributed by atoms with E-state index in [-0.39, 0.29) is 17.7 Å². The third-order valence-electron chi connectivity index (χ3n) is 3.86. The van der Waals surface area contributed by atoms with Gasteiger partial charge in [0.25, 0.3) is 5.91 Å². The summed E-state index contributed by atoms with van der Waals surface area (Å²) in [6.07, 6.45) is 2.32. The molecule has 0 radical (unpaired) electrons. The van der Waals surface area contributed by atoms with Crippen LogP contribution in [0, 0.1) is 5.92 Å². The summed E-state index contributed by atoms with van der Waals surface area (Å²) in [6.45, 7) is 3.08. The van der Waals surface area contributed by atoms with Gasteiger partial charge >= 0.3 is 0 Å². The number of amides is 1. The standard InChI is InChI=1S/C15H22N2O3/c1-10(11-3-4-11)17(7-8-20-2)15(19)13-9-12(18)5-6-14(13)16/h5-6,9-11,18H,3-4,7-8,16H2,1-2H3. The summed E-state index contributed by atoms with van der Waals surface area (Å²) in [5.74, 6) is 0.470. The summed E-state index contributed by atoms with van der Waals surface area (Å²) in [5.41, 5.74) is 6.60. The lowest BCUT2D eigenvalue weighted by atomic mass is 10.1. The first-order chi connectivity index (χ1) is 9.54. The molecular weight excluding hydrogens is 256 g/mol. The molecular formula is C15H22N2O3. The molecule has 5 heteroatoms.